The number of fused-ring (bicyclic) bond motifs is 6. The van der Waals surface area contributed by atoms with E-state index in [1.807, 2.05) is 0 Å². The molecule has 1 heterocycles. The van der Waals surface area contributed by atoms with Crippen molar-refractivity contribution in [3.05, 3.63) is 198 Å². The Labute approximate surface area is 321 Å². The summed E-state index contributed by atoms with van der Waals surface area (Å²) < 4.78 is 2.42. The lowest BCUT2D eigenvalue weighted by molar-refractivity contribution is 1.05. The zero-order valence-electron chi connectivity index (χ0n) is 30.7. The first kappa shape index (κ1) is 31.8. The molecule has 2 aliphatic rings. The lowest BCUT2D eigenvalue weighted by Gasteiger charge is -2.21. The SMILES string of the molecule is C1=C(c2ccc3c(c2)c2cc(-c4ccccc4)ccc2n3-c2ccccc2)C=C(c2c3c(c(-c4ccc5ccccc5c4)c4ccccc24)=CCCC=3)CC1. The summed E-state index contributed by atoms with van der Waals surface area (Å²) in [5, 5.41) is 10.6. The van der Waals surface area contributed by atoms with Gasteiger partial charge in [0.15, 0.2) is 0 Å². The number of hydrogen-bond donors (Lipinski definition) is 0. The molecule has 0 aliphatic heterocycles. The van der Waals surface area contributed by atoms with Gasteiger partial charge in [0.05, 0.1) is 11.0 Å². The standard InChI is InChI=1S/C54H39N/c1-3-14-36(15-4-1)40-28-30-51-49(34-40)50-35-41(29-31-52(50)55(51)44-20-5-2-6-21-44)39-18-13-19-42(33-39)53-45-22-9-11-24-47(45)54(48-25-12-10-23-46(48)53)43-27-26-37-16-7-8-17-38(37)32-43/h1-9,11,14-18,20-35H,10,12-13,19H2. The Hall–Kier alpha value is -6.70. The van der Waals surface area contributed by atoms with E-state index in [-0.39, 0.29) is 0 Å². The lowest BCUT2D eigenvalue weighted by Crippen LogP contribution is -2.33. The van der Waals surface area contributed by atoms with Gasteiger partial charge in [-0.25, -0.2) is 0 Å². The fraction of sp³-hybridized carbons (Fsp3) is 0.0741. The maximum Gasteiger partial charge on any atom is 0.0541 e. The first-order chi connectivity index (χ1) is 27.3. The minimum absolute atomic E-state index is 1.02. The number of benzene rings is 8. The van der Waals surface area contributed by atoms with E-state index >= 15 is 0 Å². The molecule has 0 unspecified atom stereocenters. The van der Waals surface area contributed by atoms with Crippen LogP contribution in [0, 0.1) is 0 Å². The maximum absolute atomic E-state index is 2.51. The molecule has 0 saturated heterocycles. The van der Waals surface area contributed by atoms with Crippen LogP contribution in [0.15, 0.2) is 176 Å². The summed E-state index contributed by atoms with van der Waals surface area (Å²) in [7, 11) is 0. The first-order valence-corrected chi connectivity index (χ1v) is 19.6. The Kier molecular flexibility index (Phi) is 7.52. The molecule has 0 bridgehead atoms. The quantitative estimate of drug-likeness (QED) is 0.168. The van der Waals surface area contributed by atoms with Crippen LogP contribution in [0.1, 0.15) is 36.8 Å². The van der Waals surface area contributed by atoms with Crippen molar-refractivity contribution in [3.63, 3.8) is 0 Å². The molecule has 0 saturated carbocycles. The maximum atomic E-state index is 2.51. The molecule has 0 amide bonds. The zero-order valence-corrected chi connectivity index (χ0v) is 30.7. The highest BCUT2D eigenvalue weighted by Gasteiger charge is 2.20. The second-order valence-corrected chi connectivity index (χ2v) is 15.0. The third-order valence-corrected chi connectivity index (χ3v) is 11.8. The van der Waals surface area contributed by atoms with Gasteiger partial charge in [-0.3, -0.25) is 0 Å². The Morgan fingerprint density at radius 2 is 0.982 bits per heavy atom. The largest absolute Gasteiger partial charge is 0.309 e. The van der Waals surface area contributed by atoms with E-state index in [4.69, 9.17) is 0 Å². The summed E-state index contributed by atoms with van der Waals surface area (Å²) in [5.41, 5.74) is 14.2. The fourth-order valence-corrected chi connectivity index (χ4v) is 9.33. The molecule has 55 heavy (non-hydrogen) atoms. The monoisotopic (exact) mass is 701 g/mol. The smallest absolute Gasteiger partial charge is 0.0541 e. The molecule has 8 aromatic carbocycles. The molecule has 0 atom stereocenters. The molecule has 1 aromatic heterocycles. The Balaban J connectivity index is 1.09. The van der Waals surface area contributed by atoms with E-state index in [2.05, 4.69) is 193 Å². The number of allylic oxidation sites excluding steroid dienone is 4. The van der Waals surface area contributed by atoms with E-state index in [9.17, 15) is 0 Å². The summed E-state index contributed by atoms with van der Waals surface area (Å²) in [6.45, 7) is 0. The van der Waals surface area contributed by atoms with Gasteiger partial charge in [0.25, 0.3) is 0 Å². The Morgan fingerprint density at radius 1 is 0.382 bits per heavy atom. The van der Waals surface area contributed by atoms with Crippen molar-refractivity contribution >= 4 is 66.6 Å². The molecular weight excluding hydrogens is 663 g/mol. The number of aromatic nitrogens is 1. The molecule has 0 N–H and O–H groups in total. The molecule has 1 nitrogen and oxygen atoms in total. The molecule has 1 heteroatoms. The summed E-state index contributed by atoms with van der Waals surface area (Å²) in [4.78, 5) is 0. The summed E-state index contributed by atoms with van der Waals surface area (Å²) >= 11 is 0. The van der Waals surface area contributed by atoms with E-state index in [1.54, 1.807) is 0 Å². The van der Waals surface area contributed by atoms with Crippen LogP contribution in [0.5, 0.6) is 0 Å². The van der Waals surface area contributed by atoms with Gasteiger partial charge in [-0.05, 0) is 145 Å². The average molecular weight is 702 g/mol. The zero-order chi connectivity index (χ0) is 36.3. The molecule has 260 valence electrons. The van der Waals surface area contributed by atoms with Crippen LogP contribution in [-0.4, -0.2) is 4.57 Å². The van der Waals surface area contributed by atoms with Gasteiger partial charge in [0, 0.05) is 16.5 Å². The van der Waals surface area contributed by atoms with Crippen molar-refractivity contribution in [1.29, 1.82) is 0 Å². The summed E-state index contributed by atoms with van der Waals surface area (Å²) in [6, 6.07) is 60.4. The third-order valence-electron chi connectivity index (χ3n) is 11.8. The van der Waals surface area contributed by atoms with Crippen molar-refractivity contribution in [3.8, 4) is 27.9 Å². The van der Waals surface area contributed by atoms with Crippen molar-refractivity contribution in [2.75, 3.05) is 0 Å². The van der Waals surface area contributed by atoms with Gasteiger partial charge in [-0.15, -0.1) is 0 Å². The second kappa shape index (κ2) is 13.0. The number of para-hydroxylation sites is 1. The van der Waals surface area contributed by atoms with Gasteiger partial charge in [0.2, 0.25) is 0 Å². The van der Waals surface area contributed by atoms with Crippen LogP contribution < -0.4 is 10.4 Å². The number of rotatable bonds is 5. The number of nitrogens with zero attached hydrogens (tertiary/aromatic N) is 1. The van der Waals surface area contributed by atoms with Crippen LogP contribution in [0.3, 0.4) is 0 Å². The van der Waals surface area contributed by atoms with Gasteiger partial charge < -0.3 is 4.57 Å². The van der Waals surface area contributed by atoms with Crippen LogP contribution in [0.25, 0.3) is 94.6 Å². The van der Waals surface area contributed by atoms with Crippen molar-refractivity contribution in [2.24, 2.45) is 0 Å². The molecule has 0 fully saturated rings. The van der Waals surface area contributed by atoms with Gasteiger partial charge in [-0.1, -0.05) is 146 Å². The van der Waals surface area contributed by atoms with E-state index in [0.717, 1.165) is 25.7 Å². The van der Waals surface area contributed by atoms with Crippen molar-refractivity contribution in [2.45, 2.75) is 25.7 Å². The predicted octanol–water partition coefficient (Wildman–Crippen LogP) is 13.0. The third kappa shape index (κ3) is 5.30. The van der Waals surface area contributed by atoms with Gasteiger partial charge >= 0.3 is 0 Å². The summed E-state index contributed by atoms with van der Waals surface area (Å²) in [6.07, 6.45) is 14.1. The fourth-order valence-electron chi connectivity index (χ4n) is 9.33. The van der Waals surface area contributed by atoms with Crippen LogP contribution in [0.2, 0.25) is 0 Å². The second-order valence-electron chi connectivity index (χ2n) is 15.0. The molecule has 9 aromatic rings. The first-order valence-electron chi connectivity index (χ1n) is 19.6. The van der Waals surface area contributed by atoms with E-state index in [0.29, 0.717) is 0 Å². The minimum Gasteiger partial charge on any atom is -0.309 e. The topological polar surface area (TPSA) is 4.93 Å². The highest BCUT2D eigenvalue weighted by molar-refractivity contribution is 6.12. The molecule has 2 aliphatic carbocycles. The lowest BCUT2D eigenvalue weighted by atomic mass is 9.82. The molecule has 0 spiro atoms. The van der Waals surface area contributed by atoms with E-state index in [1.165, 1.54) is 104 Å². The predicted molar refractivity (Wildman–Crippen MR) is 236 cm³/mol. The van der Waals surface area contributed by atoms with Crippen molar-refractivity contribution < 1.29 is 0 Å². The summed E-state index contributed by atoms with van der Waals surface area (Å²) in [5.74, 6) is 0. The normalized spacial score (nSPS) is 14.0. The van der Waals surface area contributed by atoms with Crippen LogP contribution in [-0.2, 0) is 0 Å². The van der Waals surface area contributed by atoms with Crippen molar-refractivity contribution in [1.82, 2.24) is 4.57 Å². The van der Waals surface area contributed by atoms with Crippen LogP contribution in [0.4, 0.5) is 0 Å². The average Bonchev–Trinajstić information content (AvgIpc) is 3.59. The van der Waals surface area contributed by atoms with Gasteiger partial charge in [0.1, 0.15) is 0 Å². The molecular formula is C54H39N. The number of hydrogen-bond acceptors (Lipinski definition) is 0. The Bertz CT molecular complexity index is 3180. The van der Waals surface area contributed by atoms with E-state index < -0.39 is 0 Å². The van der Waals surface area contributed by atoms with Crippen LogP contribution >= 0.6 is 0 Å². The highest BCUT2D eigenvalue weighted by Crippen LogP contribution is 2.40. The minimum atomic E-state index is 1.02. The molecule has 0 radical (unpaired) electrons. The van der Waals surface area contributed by atoms with Gasteiger partial charge in [-0.2, -0.15) is 0 Å². The Morgan fingerprint density at radius 3 is 1.75 bits per heavy atom. The molecule has 11 rings (SSSR count). The highest BCUT2D eigenvalue weighted by atomic mass is 15.0.